The molecule has 0 aliphatic heterocycles. The van der Waals surface area contributed by atoms with Crippen molar-refractivity contribution in [3.05, 3.63) is 59.4 Å². The maximum Gasteiger partial charge on any atom is 0.475 e. The third kappa shape index (κ3) is 11.9. The second kappa shape index (κ2) is 16.9. The Morgan fingerprint density at radius 2 is 1.70 bits per heavy atom. The van der Waals surface area contributed by atoms with Crippen LogP contribution in [0.4, 0.5) is 25.4 Å². The average molecular weight is 737 g/mol. The minimum Gasteiger partial charge on any atom is -0.493 e. The average Bonchev–Trinajstić information content (AvgIpc) is 3.44. The van der Waals surface area contributed by atoms with E-state index in [1.165, 1.54) is 43.1 Å². The number of aromatic nitrogens is 3. The largest absolute Gasteiger partial charge is 0.493 e. The molecule has 272 valence electrons. The highest BCUT2D eigenvalue weighted by Gasteiger charge is 2.37. The summed E-state index contributed by atoms with van der Waals surface area (Å²) in [6.45, 7) is 12.3. The van der Waals surface area contributed by atoms with Gasteiger partial charge in [0.05, 0.1) is 49.2 Å². The van der Waals surface area contributed by atoms with Crippen molar-refractivity contribution in [2.24, 2.45) is 0 Å². The molecule has 2 heterocycles. The van der Waals surface area contributed by atoms with Crippen LogP contribution in [0.1, 0.15) is 52.8 Å². The van der Waals surface area contributed by atoms with Gasteiger partial charge in [0.1, 0.15) is 12.1 Å². The van der Waals surface area contributed by atoms with Crippen LogP contribution in [0.3, 0.4) is 0 Å². The summed E-state index contributed by atoms with van der Waals surface area (Å²) >= 11 is 1.21. The standard InChI is InChI=1S/C33H43F2N6O7PS/c1-32(2,3)47-49(43,48-33(4,5)6)46-15-13-36-12-9-14-45-27-18-25-22(17-26(27)44-7)30(39-20-38-25)41-31-37-19-21(50-31)16-28(42)40-24-11-8-10-23(34)29(24)35/h8,10-11,17-20,36H,9,12-16H2,1-7H3,(H,40,42)(H,37,38,39,41). The summed E-state index contributed by atoms with van der Waals surface area (Å²) in [4.78, 5) is 26.1. The number of fused-ring (bicyclic) bond motifs is 1. The van der Waals surface area contributed by atoms with Gasteiger partial charge in [-0.05, 0) is 72.7 Å². The molecular formula is C33H43F2N6O7PS. The Bertz CT molecular complexity index is 1800. The molecule has 3 N–H and O–H groups in total. The van der Waals surface area contributed by atoms with E-state index in [2.05, 4.69) is 30.9 Å². The molecule has 2 aromatic carbocycles. The lowest BCUT2D eigenvalue weighted by molar-refractivity contribution is -0.115. The van der Waals surface area contributed by atoms with Gasteiger partial charge in [0.15, 0.2) is 28.3 Å². The van der Waals surface area contributed by atoms with E-state index in [4.69, 9.17) is 23.0 Å². The predicted molar refractivity (Wildman–Crippen MR) is 188 cm³/mol. The molecule has 17 heteroatoms. The van der Waals surface area contributed by atoms with Crippen molar-refractivity contribution < 1.29 is 41.2 Å². The molecule has 0 unspecified atom stereocenters. The van der Waals surface area contributed by atoms with E-state index in [9.17, 15) is 18.1 Å². The Labute approximate surface area is 294 Å². The van der Waals surface area contributed by atoms with Gasteiger partial charge in [0.25, 0.3) is 0 Å². The molecule has 0 bridgehead atoms. The minimum absolute atomic E-state index is 0.0848. The molecule has 0 spiro atoms. The number of rotatable bonds is 17. The lowest BCUT2D eigenvalue weighted by Crippen LogP contribution is -2.27. The van der Waals surface area contributed by atoms with Gasteiger partial charge in [0.2, 0.25) is 5.91 Å². The number of thiazole rings is 1. The molecule has 4 rings (SSSR count). The third-order valence-electron chi connectivity index (χ3n) is 6.32. The Morgan fingerprint density at radius 3 is 2.40 bits per heavy atom. The van der Waals surface area contributed by atoms with Crippen molar-refractivity contribution in [1.82, 2.24) is 20.3 Å². The zero-order valence-electron chi connectivity index (χ0n) is 29.1. The quantitative estimate of drug-likeness (QED) is 0.0730. The molecule has 0 radical (unpaired) electrons. The molecule has 0 saturated carbocycles. The van der Waals surface area contributed by atoms with Gasteiger partial charge in [-0.3, -0.25) is 18.4 Å². The number of methoxy groups -OCH3 is 1. The number of anilines is 3. The van der Waals surface area contributed by atoms with Crippen LogP contribution in [-0.4, -0.2) is 65.5 Å². The number of carbonyl (C=O) groups excluding carboxylic acids is 1. The normalized spacial score (nSPS) is 12.3. The second-order valence-electron chi connectivity index (χ2n) is 13.0. The van der Waals surface area contributed by atoms with Gasteiger partial charge < -0.3 is 25.4 Å². The molecule has 0 aliphatic rings. The lowest BCUT2D eigenvalue weighted by atomic mass is 10.2. The number of hydrogen-bond donors (Lipinski definition) is 3. The Morgan fingerprint density at radius 1 is 0.960 bits per heavy atom. The maximum atomic E-state index is 13.9. The van der Waals surface area contributed by atoms with Crippen LogP contribution in [0.2, 0.25) is 0 Å². The van der Waals surface area contributed by atoms with Crippen LogP contribution < -0.4 is 25.4 Å². The smallest absolute Gasteiger partial charge is 0.475 e. The highest BCUT2D eigenvalue weighted by Crippen LogP contribution is 2.55. The first-order chi connectivity index (χ1) is 23.5. The summed E-state index contributed by atoms with van der Waals surface area (Å²) in [5, 5.41) is 9.88. The Balaban J connectivity index is 1.28. The predicted octanol–water partition coefficient (Wildman–Crippen LogP) is 7.41. The van der Waals surface area contributed by atoms with E-state index in [1.54, 1.807) is 53.7 Å². The van der Waals surface area contributed by atoms with Crippen molar-refractivity contribution in [3.63, 3.8) is 0 Å². The fraction of sp³-hybridized carbons (Fsp3) is 0.455. The number of halogens is 2. The molecule has 50 heavy (non-hydrogen) atoms. The van der Waals surface area contributed by atoms with Gasteiger partial charge in [-0.15, -0.1) is 11.3 Å². The maximum absolute atomic E-state index is 13.9. The lowest BCUT2D eigenvalue weighted by Gasteiger charge is -2.30. The summed E-state index contributed by atoms with van der Waals surface area (Å²) in [7, 11) is -2.23. The van der Waals surface area contributed by atoms with Crippen LogP contribution in [0.15, 0.2) is 42.9 Å². The minimum atomic E-state index is -3.77. The van der Waals surface area contributed by atoms with Crippen molar-refractivity contribution in [2.75, 3.05) is 44.0 Å². The van der Waals surface area contributed by atoms with E-state index < -0.39 is 36.6 Å². The monoisotopic (exact) mass is 736 g/mol. The number of ether oxygens (including phenoxy) is 2. The first kappa shape index (κ1) is 39.0. The summed E-state index contributed by atoms with van der Waals surface area (Å²) in [6.07, 6.45) is 3.50. The van der Waals surface area contributed by atoms with E-state index in [0.29, 0.717) is 64.3 Å². The van der Waals surface area contributed by atoms with Crippen LogP contribution in [0.25, 0.3) is 10.9 Å². The van der Waals surface area contributed by atoms with Crippen molar-refractivity contribution in [3.8, 4) is 11.5 Å². The number of nitrogens with one attached hydrogen (secondary N) is 3. The molecule has 2 aromatic heterocycles. The Kier molecular flexibility index (Phi) is 13.2. The SMILES string of the molecule is COc1cc2c(Nc3ncc(CC(=O)Nc4cccc(F)c4F)s3)ncnc2cc1OCCCNCCOP(=O)(OC(C)(C)C)OC(C)(C)C. The van der Waals surface area contributed by atoms with E-state index in [1.807, 2.05) is 0 Å². The van der Waals surface area contributed by atoms with E-state index in [0.717, 1.165) is 6.07 Å². The Hall–Kier alpha value is -3.79. The zero-order valence-corrected chi connectivity index (χ0v) is 30.8. The molecule has 0 fully saturated rings. The molecule has 0 saturated heterocycles. The fourth-order valence-electron chi connectivity index (χ4n) is 4.41. The summed E-state index contributed by atoms with van der Waals surface area (Å²) < 4.78 is 68.9. The van der Waals surface area contributed by atoms with Crippen LogP contribution in [0.5, 0.6) is 11.5 Å². The van der Waals surface area contributed by atoms with Gasteiger partial charge >= 0.3 is 7.82 Å². The van der Waals surface area contributed by atoms with Crippen molar-refractivity contribution in [1.29, 1.82) is 0 Å². The van der Waals surface area contributed by atoms with Crippen LogP contribution in [0, 0.1) is 11.6 Å². The molecule has 13 nitrogen and oxygen atoms in total. The fourth-order valence-corrected chi connectivity index (χ4v) is 7.02. The number of phosphoric acid groups is 1. The first-order valence-electron chi connectivity index (χ1n) is 15.8. The number of carbonyl (C=O) groups is 1. The van der Waals surface area contributed by atoms with Gasteiger partial charge in [-0.1, -0.05) is 6.07 Å². The number of benzene rings is 2. The first-order valence-corrected chi connectivity index (χ1v) is 18.1. The van der Waals surface area contributed by atoms with Crippen LogP contribution in [-0.2, 0) is 29.4 Å². The third-order valence-corrected chi connectivity index (χ3v) is 9.27. The van der Waals surface area contributed by atoms with Crippen molar-refractivity contribution >= 4 is 52.6 Å². The number of nitrogens with zero attached hydrogens (tertiary/aromatic N) is 3. The molecule has 0 atom stereocenters. The zero-order chi connectivity index (χ0) is 36.5. The van der Waals surface area contributed by atoms with Gasteiger partial charge in [0, 0.05) is 29.1 Å². The highest BCUT2D eigenvalue weighted by atomic mass is 32.1. The summed E-state index contributed by atoms with van der Waals surface area (Å²) in [6, 6.07) is 7.09. The highest BCUT2D eigenvalue weighted by molar-refractivity contribution is 7.48. The number of phosphoric ester groups is 1. The van der Waals surface area contributed by atoms with E-state index in [-0.39, 0.29) is 18.7 Å². The molecule has 1 amide bonds. The van der Waals surface area contributed by atoms with Gasteiger partial charge in [-0.2, -0.15) is 0 Å². The number of hydrogen-bond acceptors (Lipinski definition) is 13. The molecule has 0 aliphatic carbocycles. The van der Waals surface area contributed by atoms with Crippen molar-refractivity contribution in [2.45, 2.75) is 65.6 Å². The topological polar surface area (TPSA) is 155 Å². The van der Waals surface area contributed by atoms with Gasteiger partial charge in [-0.25, -0.2) is 28.3 Å². The summed E-state index contributed by atoms with van der Waals surface area (Å²) in [5.74, 6) is -1.24. The molecular weight excluding hydrogens is 693 g/mol. The van der Waals surface area contributed by atoms with Crippen LogP contribution >= 0.6 is 19.2 Å². The number of amides is 1. The second-order valence-corrected chi connectivity index (χ2v) is 15.6. The summed E-state index contributed by atoms with van der Waals surface area (Å²) in [5.41, 5.74) is -1.04. The van der Waals surface area contributed by atoms with E-state index >= 15 is 0 Å². The molecule has 4 aromatic rings.